The molecule has 116 heavy (non-hydrogen) atoms. The molecular formula is C111H91BN4. The fraction of sp³-hybridized carbons (Fsp3) is 0.135. The van der Waals surface area contributed by atoms with Crippen molar-refractivity contribution in [3.8, 4) is 61.3 Å². The third kappa shape index (κ3) is 11.2. The van der Waals surface area contributed by atoms with Gasteiger partial charge in [-0.15, -0.1) is 0 Å². The van der Waals surface area contributed by atoms with Crippen LogP contribution in [0.1, 0.15) is 111 Å². The van der Waals surface area contributed by atoms with Crippen LogP contribution in [0.25, 0.3) is 143 Å². The Bertz CT molecular complexity index is 7390. The Morgan fingerprint density at radius 3 is 1.26 bits per heavy atom. The van der Waals surface area contributed by atoms with Crippen molar-refractivity contribution in [3.05, 3.63) is 368 Å². The molecule has 0 aliphatic carbocycles. The number of rotatable bonds is 9. The fourth-order valence-electron chi connectivity index (χ4n) is 19.1. The molecule has 2 aliphatic heterocycles. The van der Waals surface area contributed by atoms with Crippen molar-refractivity contribution in [3.63, 3.8) is 0 Å². The second kappa shape index (κ2) is 26.7. The molecule has 0 atom stereocenters. The summed E-state index contributed by atoms with van der Waals surface area (Å²) < 4.78 is 52.8. The van der Waals surface area contributed by atoms with Crippen LogP contribution >= 0.6 is 0 Å². The highest BCUT2D eigenvalue weighted by Crippen LogP contribution is 2.58. The number of nitrogens with zero attached hydrogens (tertiary/aromatic N) is 4. The van der Waals surface area contributed by atoms with Gasteiger partial charge < -0.3 is 18.8 Å². The number of aromatic nitrogens is 2. The third-order valence-corrected chi connectivity index (χ3v) is 24.9. The van der Waals surface area contributed by atoms with Crippen LogP contribution in [-0.2, 0) is 16.2 Å². The lowest BCUT2D eigenvalue weighted by atomic mass is 9.33. The molecule has 0 fully saturated rings. The molecule has 0 bridgehead atoms. The molecule has 0 radical (unpaired) electrons. The number of para-hydroxylation sites is 2. The average molecular weight is 1500 g/mol. The van der Waals surface area contributed by atoms with Crippen LogP contribution in [0.3, 0.4) is 0 Å². The Balaban J connectivity index is 1.04. The first-order chi connectivity index (χ1) is 58.4. The summed E-state index contributed by atoms with van der Waals surface area (Å²) in [4.78, 5) is 5.28. The summed E-state index contributed by atoms with van der Waals surface area (Å²) in [6, 6.07) is 116. The summed E-state index contributed by atoms with van der Waals surface area (Å²) in [5.74, 6) is 0.105. The highest BCUT2D eigenvalue weighted by molar-refractivity contribution is 7.00. The maximum Gasteiger partial charge on any atom is 0.252 e. The highest BCUT2D eigenvalue weighted by atomic mass is 15.2. The van der Waals surface area contributed by atoms with E-state index in [1.54, 1.807) is 0 Å². The highest BCUT2D eigenvalue weighted by Gasteiger charge is 2.48. The van der Waals surface area contributed by atoms with Gasteiger partial charge in [0.05, 0.1) is 51.5 Å². The Morgan fingerprint density at radius 2 is 0.741 bits per heavy atom. The van der Waals surface area contributed by atoms with Crippen LogP contribution < -0.4 is 26.2 Å². The van der Waals surface area contributed by atoms with E-state index in [-0.39, 0.29) is 39.8 Å². The second-order valence-electron chi connectivity index (χ2n) is 35.4. The van der Waals surface area contributed by atoms with Crippen LogP contribution in [0.2, 0.25) is 0 Å². The van der Waals surface area contributed by atoms with E-state index in [4.69, 9.17) is 1.37 Å². The van der Waals surface area contributed by atoms with E-state index in [1.807, 2.05) is 6.07 Å². The monoisotopic (exact) mass is 1500 g/mol. The Labute approximate surface area is 687 Å². The van der Waals surface area contributed by atoms with Crippen molar-refractivity contribution in [2.45, 2.75) is 98.3 Å². The second-order valence-corrected chi connectivity index (χ2v) is 35.4. The Hall–Kier alpha value is -13.2. The van der Waals surface area contributed by atoms with Crippen molar-refractivity contribution in [1.29, 1.82) is 0 Å². The first-order valence-corrected chi connectivity index (χ1v) is 41.0. The number of benzene rings is 16. The minimum absolute atomic E-state index is 0.105. The summed E-state index contributed by atoms with van der Waals surface area (Å²) in [7, 11) is 0. The van der Waals surface area contributed by atoms with Crippen molar-refractivity contribution in [1.82, 2.24) is 8.97 Å². The van der Waals surface area contributed by atoms with Crippen LogP contribution in [0, 0.1) is 0 Å². The molecule has 21 rings (SSSR count). The van der Waals surface area contributed by atoms with Gasteiger partial charge in [-0.1, -0.05) is 343 Å². The molecule has 3 aromatic heterocycles. The van der Waals surface area contributed by atoms with Crippen molar-refractivity contribution >= 4 is 139 Å². The molecule has 0 unspecified atom stereocenters. The molecule has 2 aliphatic rings. The van der Waals surface area contributed by atoms with Gasteiger partial charge in [0.2, 0.25) is 0 Å². The molecule has 0 spiro atoms. The molecule has 19 aromatic rings. The normalized spacial score (nSPS) is 13.6. The van der Waals surface area contributed by atoms with Crippen molar-refractivity contribution in [2.24, 2.45) is 0 Å². The summed E-state index contributed by atoms with van der Waals surface area (Å²) in [6.45, 7) is 24.9. The van der Waals surface area contributed by atoms with Crippen LogP contribution in [-0.4, -0.2) is 15.7 Å². The molecule has 4 nitrogen and oxygen atoms in total. The molecule has 0 amide bonds. The van der Waals surface area contributed by atoms with Gasteiger partial charge in [-0.2, -0.15) is 0 Å². The summed E-state index contributed by atoms with van der Waals surface area (Å²) in [5.41, 5.74) is 28.4. The van der Waals surface area contributed by atoms with Crippen molar-refractivity contribution < 1.29 is 6.85 Å². The molecule has 5 heterocycles. The Morgan fingerprint density at radius 1 is 0.302 bits per heavy atom. The first kappa shape index (κ1) is 65.2. The van der Waals surface area contributed by atoms with Crippen LogP contribution in [0.4, 0.5) is 34.1 Å². The van der Waals surface area contributed by atoms with E-state index < -0.39 is 24.8 Å². The molecular weight excluding hydrogens is 1400 g/mol. The zero-order valence-electron chi connectivity index (χ0n) is 72.5. The van der Waals surface area contributed by atoms with E-state index in [9.17, 15) is 5.48 Å². The SMILES string of the molecule is [2H]c1c([2H])c([2H])c(-c2ccc3c(c2)N(c2c(-c4ccccc4)cc(C(C)C)cc2-c2ccccc2)c2c4c(cc5c2c2cccc6c7ccccc7c7ccccc7c7ccccc7n5c62)N(c2c(-c5ccccc5)cc(C(C)(C)C)cc2-c2ccccc2)c2cc(-n5c6ccc(C(C)(C)C)cc6c6cc(C(C)(C)C)ccc65)ccc2B34)c([2H])c1[2H]. The van der Waals surface area contributed by atoms with Gasteiger partial charge in [0.1, 0.15) is 0 Å². The largest absolute Gasteiger partial charge is 0.310 e. The van der Waals surface area contributed by atoms with Gasteiger partial charge in [0.15, 0.2) is 0 Å². The van der Waals surface area contributed by atoms with E-state index >= 15 is 0 Å². The Kier molecular flexibility index (Phi) is 15.0. The van der Waals surface area contributed by atoms with Crippen molar-refractivity contribution in [2.75, 3.05) is 9.80 Å². The number of hydrogen-bond donors (Lipinski definition) is 0. The summed E-state index contributed by atoms with van der Waals surface area (Å²) in [6.07, 6.45) is 0. The molecule has 0 saturated carbocycles. The minimum atomic E-state index is -0.540. The van der Waals surface area contributed by atoms with Gasteiger partial charge in [0.25, 0.3) is 6.71 Å². The lowest BCUT2D eigenvalue weighted by Gasteiger charge is -2.46. The predicted molar refractivity (Wildman–Crippen MR) is 499 cm³/mol. The average Bonchev–Trinajstić information content (AvgIpc) is 1.00. The van der Waals surface area contributed by atoms with E-state index in [0.717, 1.165) is 171 Å². The smallest absolute Gasteiger partial charge is 0.252 e. The van der Waals surface area contributed by atoms with E-state index in [0.29, 0.717) is 5.56 Å². The zero-order valence-corrected chi connectivity index (χ0v) is 67.5. The molecule has 5 heteroatoms. The van der Waals surface area contributed by atoms with Gasteiger partial charge in [-0.05, 0) is 195 Å². The fourth-order valence-corrected chi connectivity index (χ4v) is 19.1. The van der Waals surface area contributed by atoms with E-state index in [1.165, 1.54) is 33.0 Å². The predicted octanol–water partition coefficient (Wildman–Crippen LogP) is 28.8. The minimum Gasteiger partial charge on any atom is -0.310 e. The first-order valence-electron chi connectivity index (χ1n) is 43.5. The van der Waals surface area contributed by atoms with Crippen LogP contribution in [0.15, 0.2) is 346 Å². The molecule has 0 N–H and O–H groups in total. The topological polar surface area (TPSA) is 15.8 Å². The van der Waals surface area contributed by atoms with Gasteiger partial charge >= 0.3 is 0 Å². The lowest BCUT2D eigenvalue weighted by Crippen LogP contribution is -2.61. The van der Waals surface area contributed by atoms with Gasteiger partial charge in [-0.25, -0.2) is 0 Å². The van der Waals surface area contributed by atoms with E-state index in [2.05, 4.69) is 404 Å². The maximum atomic E-state index is 9.94. The molecule has 558 valence electrons. The van der Waals surface area contributed by atoms with Crippen LogP contribution in [0.5, 0.6) is 0 Å². The van der Waals surface area contributed by atoms with Gasteiger partial charge in [-0.3, -0.25) is 0 Å². The summed E-state index contributed by atoms with van der Waals surface area (Å²) in [5, 5.41) is 11.1. The third-order valence-electron chi connectivity index (χ3n) is 24.9. The quantitative estimate of drug-likeness (QED) is 0.134. The number of fused-ring (bicyclic) bond motifs is 18. The molecule has 0 saturated heterocycles. The van der Waals surface area contributed by atoms with Gasteiger partial charge in [0, 0.05) is 77.3 Å². The maximum absolute atomic E-state index is 9.94. The number of anilines is 6. The number of hydrogen-bond acceptors (Lipinski definition) is 2. The zero-order chi connectivity index (χ0) is 83.1. The lowest BCUT2D eigenvalue weighted by molar-refractivity contribution is 0.590. The summed E-state index contributed by atoms with van der Waals surface area (Å²) >= 11 is 0. The standard InChI is InChI=1S/C111H91BN4/c1-69(2)76-60-88(71-36-19-13-20-37-71)107(89(61-76)72-38-21-14-22-39-72)116-99-62-75(70-34-17-12-18-35-70)52-56-94(99)112-95-57-55-80(113-97-58-53-77(109(3,4)5)63-92(97)93-64-78(110(6,7)8)54-59-98(93)113)67-100(95)115(106-90(73-40-23-15-24-41-73)65-79(111(9,10)11)66-91(106)74-42-25-16-26-43-74)102-68-101-103(108(116)104(102)112)87-50-33-49-86-84-47-30-28-45-82(84)81-44-27-29-46-83(81)85-48-31-32-51-96(85)114(101)105(86)87/h12-69H,1-11H3/i12D,17D,18D,34D,35D. The molecule has 16 aromatic carbocycles.